The van der Waals surface area contributed by atoms with Crippen LogP contribution < -0.4 is 0 Å². The number of ether oxygens (including phenoxy) is 1. The molecule has 0 N–H and O–H groups in total. The topological polar surface area (TPSA) is 9.23 Å². The van der Waals surface area contributed by atoms with E-state index in [0.717, 1.165) is 11.8 Å². The zero-order chi connectivity index (χ0) is 13.7. The van der Waals surface area contributed by atoms with Gasteiger partial charge in [-0.3, -0.25) is 0 Å². The van der Waals surface area contributed by atoms with Crippen LogP contribution in [-0.2, 0) is 4.74 Å². The van der Waals surface area contributed by atoms with E-state index in [9.17, 15) is 0 Å². The first-order valence-corrected chi connectivity index (χ1v) is 9.97. The number of rotatable bonds is 5. The third-order valence-corrected chi connectivity index (χ3v) is 6.96. The normalized spacial score (nSPS) is 40.3. The second kappa shape index (κ2) is 7.63. The standard InChI is InChI=1S/C17H31IO/c1-3-14-8-10-17(13-18,11-9-14)19-16-7-5-6-15(4-2)12-16/h14-16H,3-13H2,1-2H3. The van der Waals surface area contributed by atoms with Crippen molar-refractivity contribution >= 4 is 22.6 Å². The summed E-state index contributed by atoms with van der Waals surface area (Å²) < 4.78 is 7.88. The molecule has 2 aliphatic carbocycles. The van der Waals surface area contributed by atoms with Crippen LogP contribution in [0.2, 0.25) is 0 Å². The molecule has 2 fully saturated rings. The highest BCUT2D eigenvalue weighted by Gasteiger charge is 2.37. The predicted octanol–water partition coefficient (Wildman–Crippen LogP) is 5.75. The van der Waals surface area contributed by atoms with Gasteiger partial charge in [0.15, 0.2) is 0 Å². The van der Waals surface area contributed by atoms with E-state index in [1.54, 1.807) is 0 Å². The van der Waals surface area contributed by atoms with Crippen molar-refractivity contribution in [3.05, 3.63) is 0 Å². The third-order valence-electron chi connectivity index (χ3n) is 5.57. The second-order valence-corrected chi connectivity index (χ2v) is 7.61. The molecule has 0 aromatic carbocycles. The van der Waals surface area contributed by atoms with Crippen LogP contribution in [0, 0.1) is 11.8 Å². The monoisotopic (exact) mass is 378 g/mol. The summed E-state index contributed by atoms with van der Waals surface area (Å²) in [5, 5.41) is 0. The second-order valence-electron chi connectivity index (χ2n) is 6.85. The Labute approximate surface area is 133 Å². The number of alkyl halides is 1. The number of hydrogen-bond donors (Lipinski definition) is 0. The van der Waals surface area contributed by atoms with Crippen LogP contribution in [-0.4, -0.2) is 16.1 Å². The average molecular weight is 378 g/mol. The Morgan fingerprint density at radius 2 is 1.68 bits per heavy atom. The van der Waals surface area contributed by atoms with E-state index in [-0.39, 0.29) is 5.60 Å². The van der Waals surface area contributed by atoms with Gasteiger partial charge >= 0.3 is 0 Å². The first-order valence-electron chi connectivity index (χ1n) is 8.45. The molecule has 0 saturated heterocycles. The van der Waals surface area contributed by atoms with Gasteiger partial charge in [0.1, 0.15) is 0 Å². The minimum Gasteiger partial charge on any atom is -0.371 e. The van der Waals surface area contributed by atoms with Crippen LogP contribution in [0.3, 0.4) is 0 Å². The van der Waals surface area contributed by atoms with Gasteiger partial charge in [0, 0.05) is 4.43 Å². The Morgan fingerprint density at radius 1 is 1.00 bits per heavy atom. The fraction of sp³-hybridized carbons (Fsp3) is 1.00. The zero-order valence-corrected chi connectivity index (χ0v) is 15.0. The quantitative estimate of drug-likeness (QED) is 0.438. The summed E-state index contributed by atoms with van der Waals surface area (Å²) in [6.07, 6.45) is 14.1. The van der Waals surface area contributed by atoms with E-state index >= 15 is 0 Å². The van der Waals surface area contributed by atoms with E-state index < -0.39 is 0 Å². The SMILES string of the molecule is CCC1CCC(CI)(OC2CCCC(CC)C2)CC1. The lowest BCUT2D eigenvalue weighted by atomic mass is 9.78. The minimum absolute atomic E-state index is 0.229. The maximum absolute atomic E-state index is 6.69. The van der Waals surface area contributed by atoms with Gasteiger partial charge in [-0.1, -0.05) is 62.1 Å². The van der Waals surface area contributed by atoms with Gasteiger partial charge in [0.2, 0.25) is 0 Å². The Kier molecular flexibility index (Phi) is 6.45. The molecule has 0 heterocycles. The molecule has 2 atom stereocenters. The van der Waals surface area contributed by atoms with Gasteiger partial charge in [-0.25, -0.2) is 0 Å². The van der Waals surface area contributed by atoms with Crippen molar-refractivity contribution in [3.63, 3.8) is 0 Å². The maximum atomic E-state index is 6.69. The molecule has 2 saturated carbocycles. The molecular weight excluding hydrogens is 347 g/mol. The zero-order valence-electron chi connectivity index (χ0n) is 12.8. The summed E-state index contributed by atoms with van der Waals surface area (Å²) >= 11 is 2.56. The van der Waals surface area contributed by atoms with Gasteiger partial charge in [0.25, 0.3) is 0 Å². The molecular formula is C17H31IO. The molecule has 0 aliphatic heterocycles. The fourth-order valence-corrected chi connectivity index (χ4v) is 4.91. The highest BCUT2D eigenvalue weighted by Crippen LogP contribution is 2.40. The van der Waals surface area contributed by atoms with Gasteiger partial charge in [-0.05, 0) is 50.4 Å². The molecule has 2 heteroatoms. The van der Waals surface area contributed by atoms with E-state index in [1.165, 1.54) is 68.6 Å². The molecule has 1 nitrogen and oxygen atoms in total. The third kappa shape index (κ3) is 4.33. The summed E-state index contributed by atoms with van der Waals surface area (Å²) in [5.41, 5.74) is 0.229. The highest BCUT2D eigenvalue weighted by molar-refractivity contribution is 14.1. The van der Waals surface area contributed by atoms with Gasteiger partial charge in [-0.15, -0.1) is 0 Å². The molecule has 2 rings (SSSR count). The van der Waals surface area contributed by atoms with Crippen molar-refractivity contribution in [2.75, 3.05) is 4.43 Å². The van der Waals surface area contributed by atoms with Crippen LogP contribution in [0.1, 0.15) is 78.1 Å². The lowest BCUT2D eigenvalue weighted by Crippen LogP contribution is -2.43. The molecule has 0 bridgehead atoms. The maximum Gasteiger partial charge on any atom is 0.0775 e. The largest absolute Gasteiger partial charge is 0.371 e. The van der Waals surface area contributed by atoms with Crippen LogP contribution in [0.15, 0.2) is 0 Å². The Balaban J connectivity index is 1.88. The molecule has 0 radical (unpaired) electrons. The van der Waals surface area contributed by atoms with Crippen LogP contribution in [0.4, 0.5) is 0 Å². The van der Waals surface area contributed by atoms with Crippen molar-refractivity contribution in [3.8, 4) is 0 Å². The smallest absolute Gasteiger partial charge is 0.0775 e. The number of hydrogen-bond acceptors (Lipinski definition) is 1. The fourth-order valence-electron chi connectivity index (χ4n) is 3.97. The Hall–Kier alpha value is 0.690. The Bertz CT molecular complexity index is 258. The Morgan fingerprint density at radius 3 is 2.26 bits per heavy atom. The predicted molar refractivity (Wildman–Crippen MR) is 91.0 cm³/mol. The summed E-state index contributed by atoms with van der Waals surface area (Å²) in [4.78, 5) is 0. The highest BCUT2D eigenvalue weighted by atomic mass is 127. The average Bonchev–Trinajstić information content (AvgIpc) is 2.48. The van der Waals surface area contributed by atoms with E-state index in [1.807, 2.05) is 0 Å². The van der Waals surface area contributed by atoms with Gasteiger partial charge in [0.05, 0.1) is 11.7 Å². The van der Waals surface area contributed by atoms with Crippen LogP contribution in [0.5, 0.6) is 0 Å². The first-order chi connectivity index (χ1) is 9.21. The van der Waals surface area contributed by atoms with Crippen LogP contribution >= 0.6 is 22.6 Å². The number of halogens is 1. The molecule has 2 unspecified atom stereocenters. The summed E-state index contributed by atoms with van der Waals surface area (Å²) in [5.74, 6) is 1.89. The molecule has 0 spiro atoms. The molecule has 19 heavy (non-hydrogen) atoms. The van der Waals surface area contributed by atoms with Gasteiger partial charge in [-0.2, -0.15) is 0 Å². The van der Waals surface area contributed by atoms with Gasteiger partial charge < -0.3 is 4.74 Å². The van der Waals surface area contributed by atoms with Crippen LogP contribution in [0.25, 0.3) is 0 Å². The molecule has 0 aromatic rings. The summed E-state index contributed by atoms with van der Waals surface area (Å²) in [6, 6.07) is 0. The van der Waals surface area contributed by atoms with Crippen molar-refractivity contribution in [2.24, 2.45) is 11.8 Å². The van der Waals surface area contributed by atoms with E-state index in [2.05, 4.69) is 36.4 Å². The summed E-state index contributed by atoms with van der Waals surface area (Å²) in [6.45, 7) is 4.68. The molecule has 0 amide bonds. The van der Waals surface area contributed by atoms with Crippen molar-refractivity contribution in [2.45, 2.75) is 89.8 Å². The first kappa shape index (κ1) is 16.1. The van der Waals surface area contributed by atoms with Crippen molar-refractivity contribution < 1.29 is 4.74 Å². The lowest BCUT2D eigenvalue weighted by molar-refractivity contribution is -0.119. The summed E-state index contributed by atoms with van der Waals surface area (Å²) in [7, 11) is 0. The van der Waals surface area contributed by atoms with E-state index in [0.29, 0.717) is 6.10 Å². The van der Waals surface area contributed by atoms with Crippen molar-refractivity contribution in [1.29, 1.82) is 0 Å². The molecule has 2 aliphatic rings. The minimum atomic E-state index is 0.229. The lowest BCUT2D eigenvalue weighted by Gasteiger charge is -2.43. The van der Waals surface area contributed by atoms with Crippen molar-refractivity contribution in [1.82, 2.24) is 0 Å². The van der Waals surface area contributed by atoms with E-state index in [4.69, 9.17) is 4.74 Å². The molecule has 112 valence electrons. The molecule has 0 aromatic heterocycles.